The van der Waals surface area contributed by atoms with Crippen molar-refractivity contribution in [2.45, 2.75) is 159 Å². The van der Waals surface area contributed by atoms with Crippen LogP contribution in [0, 0.1) is 65.3 Å². The summed E-state index contributed by atoms with van der Waals surface area (Å²) in [6.45, 7) is 26.5. The Balaban J connectivity index is 0.000000213. The summed E-state index contributed by atoms with van der Waals surface area (Å²) in [6.07, 6.45) is 5.65. The van der Waals surface area contributed by atoms with Gasteiger partial charge in [0.1, 0.15) is 45.4 Å². The molecule has 24 nitrogen and oxygen atoms in total. The van der Waals surface area contributed by atoms with Crippen molar-refractivity contribution in [3.8, 4) is 22.5 Å². The Labute approximate surface area is 665 Å². The van der Waals surface area contributed by atoms with Crippen molar-refractivity contribution in [2.24, 2.45) is 5.73 Å². The third-order valence-electron chi connectivity index (χ3n) is 16.9. The first-order valence-corrected chi connectivity index (χ1v) is 39.9. The van der Waals surface area contributed by atoms with Crippen LogP contribution in [0.15, 0.2) is 71.6 Å². The van der Waals surface area contributed by atoms with Crippen LogP contribution in [0.3, 0.4) is 0 Å². The van der Waals surface area contributed by atoms with Crippen LogP contribution in [0.5, 0.6) is 0 Å². The second kappa shape index (κ2) is 37.6. The summed E-state index contributed by atoms with van der Waals surface area (Å²) in [7, 11) is -6.54. The van der Waals surface area contributed by atoms with Crippen LogP contribution in [0.2, 0.25) is 30.8 Å². The number of nitrogens with two attached hydrogens (primary N) is 1. The topological polar surface area (TPSA) is 302 Å². The number of imidazole rings is 4. The number of rotatable bonds is 10. The molecule has 37 heteroatoms. The number of halogens is 11. The molecule has 588 valence electrons. The van der Waals surface area contributed by atoms with E-state index in [0.29, 0.717) is 91.4 Å². The number of aromatic nitrogens is 14. The third-order valence-corrected chi connectivity index (χ3v) is 21.5. The molecule has 5 N–H and O–H groups in total. The number of nitrogens with one attached hydrogen (secondary N) is 1. The fraction of sp³-hybridized carbons (Fsp3) is 0.423. The molecule has 13 rings (SSSR count). The predicted octanol–water partition coefficient (Wildman–Crippen LogP) is 16.9. The quantitative estimate of drug-likeness (QED) is 0.0428. The molecule has 4 atom stereocenters. The highest BCUT2D eigenvalue weighted by Gasteiger charge is 2.33. The number of hydrogen-bond donors (Lipinski definition) is 4. The Bertz CT molecular complexity index is 5170. The minimum Gasteiger partial charge on any atom is -0.390 e. The van der Waals surface area contributed by atoms with Gasteiger partial charge in [0.15, 0.2) is 28.4 Å². The molecule has 0 unspecified atom stereocenters. The lowest BCUT2D eigenvalue weighted by atomic mass is 10.0. The fourth-order valence-electron chi connectivity index (χ4n) is 12.3. The van der Waals surface area contributed by atoms with Gasteiger partial charge in [-0.2, -0.15) is 8.61 Å². The third kappa shape index (κ3) is 21.8. The van der Waals surface area contributed by atoms with Crippen LogP contribution in [0.25, 0.3) is 66.6 Å². The highest BCUT2D eigenvalue weighted by molar-refractivity contribution is 9.10. The summed E-state index contributed by atoms with van der Waals surface area (Å²) in [5.41, 5.74) is 12.8. The van der Waals surface area contributed by atoms with E-state index in [-0.39, 0.29) is 102 Å². The molecule has 0 amide bonds. The number of fused-ring (bicyclic) bond motifs is 4. The molecule has 0 bridgehead atoms. The highest BCUT2D eigenvalue weighted by atomic mass is 79.9. The molecular weight excluding hydrogens is 1630 g/mol. The highest BCUT2D eigenvalue weighted by Crippen LogP contribution is 2.36. The van der Waals surface area contributed by atoms with E-state index >= 15 is 0 Å². The van der Waals surface area contributed by atoms with E-state index in [0.717, 1.165) is 51.1 Å². The number of nitrogens with zero attached hydrogens (tertiary/aromatic N) is 16. The first kappa shape index (κ1) is 90.3. The van der Waals surface area contributed by atoms with Gasteiger partial charge in [-0.1, -0.05) is 69.8 Å². The number of aliphatic hydroxyl groups excluding tert-OH is 2. The number of hydrogen-bond acceptors (Lipinski definition) is 18. The molecule has 4 aromatic carbocycles. The lowest BCUT2D eigenvalue weighted by Crippen LogP contribution is -2.51. The number of sulfonamides is 2. The summed E-state index contributed by atoms with van der Waals surface area (Å²) in [4.78, 5) is 40.9. The summed E-state index contributed by atoms with van der Waals surface area (Å²) < 4.78 is 113. The Morgan fingerprint density at radius 3 is 1.26 bits per heavy atom. The van der Waals surface area contributed by atoms with E-state index in [2.05, 4.69) is 103 Å². The molecule has 7 aromatic heterocycles. The zero-order valence-electron chi connectivity index (χ0n) is 61.4. The SMILES string of the molecule is C.CS(=O)(=O)N1CC[C@@H](N)[C@H](O)C1.Cc1cc(F)c2nc(C)n(C(C)C)c2c1.Cc1nc2c(F)cc(-c3nc(Cl)ncc3Cl)cc2n1C(C)C.Cc1nc2c(F)cc(-c3nc(N[C@@H]4CCN(S(C)(=O)=O)C[C@H]4O)ncc3Cl)cc2n1C(C)C.Cc1nc2c(F)cc(Br)cc2n1C(C)C.Clc1ncc(Cl)c(Cl)n1.[CH3-]. The summed E-state index contributed by atoms with van der Waals surface area (Å²) >= 11 is 37.9. The number of piperidine rings is 2. The standard InChI is InChI=1S/C21H26ClFN6O3S.C15H13Cl2FN4.C12H15FN2.C11H12BrFN2.C6H14N2O3S.C4HCl3N2.CH4.CH3/c1-11(2)29-12(3)25-20-15(23)7-13(8-17(20)29)19-14(22)9-24-21(27-19)26-16-5-6-28(10-18(16)30)33(4,31)32;1-7(2)22-8(3)20-14-11(18)4-9(5-12(14)22)13-10(16)6-19-15(17)21-13;1-7(2)15-9(4)14-12-10(13)5-8(3)6-11(12)15;1-6(2)15-7(3)14-11-9(13)4-8(12)5-10(11)15;1-12(10,11)8-3-2-5(7)6(9)4-8;5-2-1-8-4(7)9-3(2)6;;/h7-9,11,16,18,30H,5-6,10H2,1-4H3,(H,24,26,27);4-7H,1-3H3;5-7H,1-4H3;4-6H,1-3H3;5-6,9H,2-4,7H2,1H3;1H;1H4;1H3/q;;;;;;;-1/t16-,18-;;;;5-,6-;;;/m1...1.../s1. The predicted molar refractivity (Wildman–Crippen MR) is 428 cm³/mol. The van der Waals surface area contributed by atoms with E-state index in [1.54, 1.807) is 6.07 Å². The number of benzene rings is 4. The summed E-state index contributed by atoms with van der Waals surface area (Å²) in [5.74, 6) is 1.99. The van der Waals surface area contributed by atoms with Crippen molar-refractivity contribution in [1.82, 2.24) is 76.7 Å². The van der Waals surface area contributed by atoms with Crippen molar-refractivity contribution in [3.63, 3.8) is 0 Å². The Kier molecular flexibility index (Phi) is 31.5. The van der Waals surface area contributed by atoms with Crippen molar-refractivity contribution in [1.29, 1.82) is 0 Å². The number of aryl methyl sites for hydroxylation is 5. The van der Waals surface area contributed by atoms with E-state index in [1.165, 1.54) is 51.5 Å². The smallest absolute Gasteiger partial charge is 0.223 e. The van der Waals surface area contributed by atoms with Gasteiger partial charge in [-0.25, -0.2) is 84.2 Å². The van der Waals surface area contributed by atoms with Gasteiger partial charge in [0.2, 0.25) is 36.6 Å². The molecule has 2 aliphatic heterocycles. The van der Waals surface area contributed by atoms with Crippen LogP contribution >= 0.6 is 85.5 Å². The van der Waals surface area contributed by atoms with E-state index < -0.39 is 49.9 Å². The number of aliphatic hydroxyl groups is 2. The Morgan fingerprint density at radius 2 is 0.861 bits per heavy atom. The molecule has 0 aliphatic carbocycles. The van der Waals surface area contributed by atoms with Gasteiger partial charge in [-0.15, -0.1) is 0 Å². The zero-order chi connectivity index (χ0) is 78.6. The zero-order valence-corrected chi connectivity index (χ0v) is 69.2. The van der Waals surface area contributed by atoms with Gasteiger partial charge < -0.3 is 47.0 Å². The van der Waals surface area contributed by atoms with E-state index in [1.807, 2.05) is 94.2 Å². The Hall–Kier alpha value is -6.56. The molecular formula is C71H88BrCl6F4N18O6S2-. The molecule has 0 spiro atoms. The molecule has 2 saturated heterocycles. The maximum Gasteiger partial charge on any atom is 0.223 e. The van der Waals surface area contributed by atoms with Gasteiger partial charge in [0, 0.05) is 72.0 Å². The molecule has 9 heterocycles. The van der Waals surface area contributed by atoms with E-state index in [4.69, 9.17) is 75.3 Å². The second-order valence-corrected chi connectivity index (χ2v) is 33.5. The largest absolute Gasteiger partial charge is 0.390 e. The normalized spacial score (nSPS) is 16.2. The monoisotopic (exact) mass is 1720 g/mol. The molecule has 2 aliphatic rings. The molecule has 108 heavy (non-hydrogen) atoms. The van der Waals surface area contributed by atoms with Crippen LogP contribution in [-0.4, -0.2) is 167 Å². The van der Waals surface area contributed by atoms with Crippen LogP contribution in [0.1, 0.15) is 129 Å². The molecule has 11 aromatic rings. The van der Waals surface area contributed by atoms with Crippen LogP contribution in [0.4, 0.5) is 23.5 Å². The number of anilines is 1. The lowest BCUT2D eigenvalue weighted by molar-refractivity contribution is 0.0880. The summed E-state index contributed by atoms with van der Waals surface area (Å²) in [6, 6.07) is 13.3. The minimum atomic E-state index is -3.38. The van der Waals surface area contributed by atoms with Crippen molar-refractivity contribution in [3.05, 3.63) is 162 Å². The summed E-state index contributed by atoms with van der Waals surface area (Å²) in [5, 5.41) is 24.0. The van der Waals surface area contributed by atoms with Crippen LogP contribution in [-0.2, 0) is 20.0 Å². The molecule has 2 fully saturated rings. The van der Waals surface area contributed by atoms with Gasteiger partial charge in [0.05, 0.1) is 97.9 Å². The number of β-amino-alcohol motifs (C(OH)–C–C–N with tert-alkyl or cyclic N) is 2. The first-order valence-electron chi connectivity index (χ1n) is 33.1. The second-order valence-electron chi connectivity index (χ2n) is 26.4. The van der Waals surface area contributed by atoms with Crippen molar-refractivity contribution < 1.29 is 44.6 Å². The average molecular weight is 1720 g/mol. The van der Waals surface area contributed by atoms with Gasteiger partial charge in [-0.05, 0) is 180 Å². The maximum absolute atomic E-state index is 14.9. The Morgan fingerprint density at radius 1 is 0.500 bits per heavy atom. The average Bonchev–Trinajstić information content (AvgIpc) is 1.29. The van der Waals surface area contributed by atoms with Crippen molar-refractivity contribution >= 4 is 156 Å². The molecule has 0 saturated carbocycles. The van der Waals surface area contributed by atoms with Gasteiger partial charge >= 0.3 is 0 Å². The van der Waals surface area contributed by atoms with E-state index in [9.17, 15) is 44.6 Å². The molecule has 0 radical (unpaired) electrons. The fourth-order valence-corrected chi connectivity index (χ4v) is 15.4. The minimum absolute atomic E-state index is 0. The first-order chi connectivity index (χ1) is 49.4. The van der Waals surface area contributed by atoms with Crippen LogP contribution < -0.4 is 11.1 Å². The maximum atomic E-state index is 14.9. The van der Waals surface area contributed by atoms with Crippen molar-refractivity contribution in [2.75, 3.05) is 44.0 Å². The lowest BCUT2D eigenvalue weighted by Gasteiger charge is -2.34. The van der Waals surface area contributed by atoms with Gasteiger partial charge in [-0.3, -0.25) is 0 Å². The van der Waals surface area contributed by atoms with Gasteiger partial charge in [0.25, 0.3) is 0 Å².